The van der Waals surface area contributed by atoms with Crippen molar-refractivity contribution < 1.29 is 19.1 Å². The monoisotopic (exact) mass is 346 g/mol. The molecular weight excluding hydrogens is 316 g/mol. The number of ether oxygens (including phenoxy) is 1. The molecule has 1 aromatic rings. The molecule has 0 saturated heterocycles. The summed E-state index contributed by atoms with van der Waals surface area (Å²) in [6.07, 6.45) is 6.43. The van der Waals surface area contributed by atoms with Crippen LogP contribution in [0.5, 0.6) is 0 Å². The Morgan fingerprint density at radius 3 is 2.84 bits per heavy atom. The van der Waals surface area contributed by atoms with Crippen LogP contribution in [-0.2, 0) is 22.4 Å². The summed E-state index contributed by atoms with van der Waals surface area (Å²) < 4.78 is 11.5. The fourth-order valence-corrected chi connectivity index (χ4v) is 4.55. The Labute approximate surface area is 150 Å². The molecular formula is C21H30O4. The number of aliphatic hydroxyl groups is 1. The van der Waals surface area contributed by atoms with Gasteiger partial charge in [-0.2, -0.15) is 0 Å². The maximum absolute atomic E-state index is 12.3. The first-order valence-corrected chi connectivity index (χ1v) is 9.37. The molecule has 25 heavy (non-hydrogen) atoms. The molecule has 138 valence electrons. The van der Waals surface area contributed by atoms with Crippen LogP contribution in [0.2, 0.25) is 0 Å². The lowest BCUT2D eigenvalue weighted by Crippen LogP contribution is -2.65. The van der Waals surface area contributed by atoms with E-state index in [2.05, 4.69) is 20.8 Å². The van der Waals surface area contributed by atoms with E-state index in [0.717, 1.165) is 36.2 Å². The van der Waals surface area contributed by atoms with Gasteiger partial charge in [-0.1, -0.05) is 26.3 Å². The van der Waals surface area contributed by atoms with Crippen LogP contribution in [0.3, 0.4) is 0 Å². The third kappa shape index (κ3) is 2.84. The number of furan rings is 1. The molecule has 1 heterocycles. The zero-order chi connectivity index (χ0) is 18.4. The molecule has 1 fully saturated rings. The first-order chi connectivity index (χ1) is 11.7. The third-order valence-electron chi connectivity index (χ3n) is 6.82. The fraction of sp³-hybridized carbons (Fsp3) is 0.667. The van der Waals surface area contributed by atoms with E-state index in [0.29, 0.717) is 18.8 Å². The van der Waals surface area contributed by atoms with Crippen LogP contribution in [0.4, 0.5) is 0 Å². The van der Waals surface area contributed by atoms with Gasteiger partial charge in [-0.25, -0.2) is 4.79 Å². The smallest absolute Gasteiger partial charge is 0.331 e. The number of carbonyl (C=O) groups is 1. The van der Waals surface area contributed by atoms with Gasteiger partial charge in [0.2, 0.25) is 0 Å². The van der Waals surface area contributed by atoms with Gasteiger partial charge in [0, 0.05) is 17.9 Å². The highest BCUT2D eigenvalue weighted by atomic mass is 16.6. The second-order valence-corrected chi connectivity index (χ2v) is 8.26. The number of aryl methyl sites for hydroxylation is 1. The van der Waals surface area contributed by atoms with Gasteiger partial charge in [-0.15, -0.1) is 0 Å². The van der Waals surface area contributed by atoms with Crippen LogP contribution in [0.25, 0.3) is 0 Å². The number of fused-ring (bicyclic) bond motifs is 2. The first kappa shape index (κ1) is 18.2. The summed E-state index contributed by atoms with van der Waals surface area (Å²) in [5.74, 6) is 0.840. The summed E-state index contributed by atoms with van der Waals surface area (Å²) in [5, 5.41) is 11.7. The highest BCUT2D eigenvalue weighted by molar-refractivity contribution is 5.83. The normalized spacial score (nSPS) is 35.0. The number of rotatable bonds is 3. The molecule has 0 spiro atoms. The molecule has 0 radical (unpaired) electrons. The largest absolute Gasteiger partial charge is 0.469 e. The molecule has 0 aliphatic heterocycles. The minimum absolute atomic E-state index is 0.332. The second-order valence-electron chi connectivity index (χ2n) is 8.26. The average Bonchev–Trinajstić information content (AvgIpc) is 2.90. The third-order valence-corrected chi connectivity index (χ3v) is 6.82. The molecule has 4 nitrogen and oxygen atoms in total. The van der Waals surface area contributed by atoms with Gasteiger partial charge in [0.1, 0.15) is 17.5 Å². The molecule has 4 unspecified atom stereocenters. The molecule has 0 aromatic carbocycles. The van der Waals surface area contributed by atoms with E-state index < -0.39 is 11.7 Å². The first-order valence-electron chi connectivity index (χ1n) is 9.37. The SMILES string of the molecule is CCC(C)=CC(=O)OC1CCC(C)C2(C)Cc3c(C)coc3CC12O. The van der Waals surface area contributed by atoms with Gasteiger partial charge in [0.25, 0.3) is 0 Å². The highest BCUT2D eigenvalue weighted by Crippen LogP contribution is 2.55. The summed E-state index contributed by atoms with van der Waals surface area (Å²) >= 11 is 0. The number of esters is 1. The molecule has 0 amide bonds. The Balaban J connectivity index is 1.94. The second kappa shape index (κ2) is 6.31. The predicted molar refractivity (Wildman–Crippen MR) is 96.2 cm³/mol. The van der Waals surface area contributed by atoms with Crippen molar-refractivity contribution in [1.82, 2.24) is 0 Å². The number of carbonyl (C=O) groups excluding carboxylic acids is 1. The Morgan fingerprint density at radius 2 is 2.16 bits per heavy atom. The van der Waals surface area contributed by atoms with E-state index in [1.54, 1.807) is 12.3 Å². The Morgan fingerprint density at radius 1 is 1.44 bits per heavy atom. The number of hydrogen-bond acceptors (Lipinski definition) is 4. The Kier molecular flexibility index (Phi) is 4.61. The van der Waals surface area contributed by atoms with Gasteiger partial charge in [0.05, 0.1) is 6.26 Å². The van der Waals surface area contributed by atoms with E-state index in [9.17, 15) is 9.90 Å². The van der Waals surface area contributed by atoms with Crippen LogP contribution in [0.1, 0.15) is 63.8 Å². The lowest BCUT2D eigenvalue weighted by molar-refractivity contribution is -0.217. The van der Waals surface area contributed by atoms with Crippen molar-refractivity contribution in [3.05, 3.63) is 34.8 Å². The molecule has 3 rings (SSSR count). The topological polar surface area (TPSA) is 59.7 Å². The van der Waals surface area contributed by atoms with Gasteiger partial charge < -0.3 is 14.3 Å². The summed E-state index contributed by atoms with van der Waals surface area (Å²) in [5.41, 5.74) is 1.92. The molecule has 2 aliphatic carbocycles. The molecule has 2 aliphatic rings. The standard InChI is InChI=1S/C21H30O4/c1-6-13(2)9-19(22)25-18-8-7-15(4)20(5)10-16-14(3)12-24-17(16)11-21(18,20)23/h9,12,15,18,23H,6-8,10-11H2,1-5H3. The maximum Gasteiger partial charge on any atom is 0.331 e. The molecule has 1 N–H and O–H groups in total. The van der Waals surface area contributed by atoms with Gasteiger partial charge >= 0.3 is 5.97 Å². The van der Waals surface area contributed by atoms with Crippen LogP contribution in [0, 0.1) is 18.3 Å². The average molecular weight is 346 g/mol. The van der Waals surface area contributed by atoms with Crippen LogP contribution in [-0.4, -0.2) is 22.8 Å². The van der Waals surface area contributed by atoms with Crippen molar-refractivity contribution in [3.63, 3.8) is 0 Å². The maximum atomic E-state index is 12.3. The lowest BCUT2D eigenvalue weighted by atomic mass is 9.52. The summed E-state index contributed by atoms with van der Waals surface area (Å²) in [7, 11) is 0. The minimum Gasteiger partial charge on any atom is -0.469 e. The highest BCUT2D eigenvalue weighted by Gasteiger charge is 2.61. The minimum atomic E-state index is -1.09. The van der Waals surface area contributed by atoms with Crippen molar-refractivity contribution in [3.8, 4) is 0 Å². The lowest BCUT2D eigenvalue weighted by Gasteiger charge is -2.57. The van der Waals surface area contributed by atoms with Crippen molar-refractivity contribution in [2.45, 2.75) is 78.4 Å². The summed E-state index contributed by atoms with van der Waals surface area (Å²) in [6.45, 7) is 10.3. The fourth-order valence-electron chi connectivity index (χ4n) is 4.55. The molecule has 4 heteroatoms. The van der Waals surface area contributed by atoms with E-state index in [4.69, 9.17) is 9.15 Å². The van der Waals surface area contributed by atoms with Gasteiger partial charge in [-0.05, 0) is 56.6 Å². The summed E-state index contributed by atoms with van der Waals surface area (Å²) in [6, 6.07) is 0. The van der Waals surface area contributed by atoms with Crippen LogP contribution >= 0.6 is 0 Å². The Hall–Kier alpha value is -1.55. The van der Waals surface area contributed by atoms with Gasteiger partial charge in [-0.3, -0.25) is 0 Å². The van der Waals surface area contributed by atoms with Crippen molar-refractivity contribution in [2.75, 3.05) is 0 Å². The molecule has 0 bridgehead atoms. The molecule has 1 saturated carbocycles. The Bertz CT molecular complexity index is 701. The van der Waals surface area contributed by atoms with E-state index in [1.807, 2.05) is 13.8 Å². The van der Waals surface area contributed by atoms with Gasteiger partial charge in [0.15, 0.2) is 0 Å². The quantitative estimate of drug-likeness (QED) is 0.660. The zero-order valence-corrected chi connectivity index (χ0v) is 16.0. The number of allylic oxidation sites excluding steroid dienone is 1. The molecule has 1 aromatic heterocycles. The summed E-state index contributed by atoms with van der Waals surface area (Å²) in [4.78, 5) is 12.3. The van der Waals surface area contributed by atoms with Crippen LogP contribution < -0.4 is 0 Å². The number of hydrogen-bond donors (Lipinski definition) is 1. The van der Waals surface area contributed by atoms with Crippen molar-refractivity contribution in [1.29, 1.82) is 0 Å². The van der Waals surface area contributed by atoms with Crippen LogP contribution in [0.15, 0.2) is 22.3 Å². The van der Waals surface area contributed by atoms with E-state index in [1.165, 1.54) is 5.56 Å². The predicted octanol–water partition coefficient (Wildman–Crippen LogP) is 4.12. The van der Waals surface area contributed by atoms with Crippen molar-refractivity contribution >= 4 is 5.97 Å². The molecule has 4 atom stereocenters. The van der Waals surface area contributed by atoms with E-state index >= 15 is 0 Å². The van der Waals surface area contributed by atoms with E-state index in [-0.39, 0.29) is 11.4 Å². The van der Waals surface area contributed by atoms with Crippen molar-refractivity contribution in [2.24, 2.45) is 11.3 Å². The zero-order valence-electron chi connectivity index (χ0n) is 16.0.